The molecule has 2 aromatic rings. The number of benzene rings is 2. The first kappa shape index (κ1) is 24.1. The number of aliphatic hydroxyl groups excluding tert-OH is 1. The van der Waals surface area contributed by atoms with Crippen molar-refractivity contribution >= 4 is 8.32 Å². The monoisotopic (exact) mass is 438 g/mol. The molecule has 3 rings (SSSR count). The van der Waals surface area contributed by atoms with E-state index in [9.17, 15) is 5.11 Å². The Morgan fingerprint density at radius 2 is 1.29 bits per heavy atom. The zero-order valence-corrected chi connectivity index (χ0v) is 21.9. The van der Waals surface area contributed by atoms with Crippen LogP contribution in [0.15, 0.2) is 30.3 Å². The Morgan fingerprint density at radius 3 is 1.81 bits per heavy atom. The van der Waals surface area contributed by atoms with Crippen molar-refractivity contribution in [2.24, 2.45) is 0 Å². The maximum Gasteiger partial charge on any atom is 0.258 e. The standard InChI is InChI=1S/C28H42O2Si/c1-18(2)31(19(3)4,20(5)6)30-26-15-21(7)27(22(8)16-26)28(29)25-14-13-23-11-9-10-12-24(23)17-25/h13-20,28-29H,9-12H2,1-8H3. The zero-order valence-electron chi connectivity index (χ0n) is 20.9. The molecule has 0 aliphatic heterocycles. The average Bonchev–Trinajstić information content (AvgIpc) is 2.70. The highest BCUT2D eigenvalue weighted by Gasteiger charge is 2.47. The van der Waals surface area contributed by atoms with Gasteiger partial charge in [0.25, 0.3) is 8.32 Å². The fourth-order valence-corrected chi connectivity index (χ4v) is 11.3. The van der Waals surface area contributed by atoms with Crippen LogP contribution in [0, 0.1) is 13.8 Å². The predicted molar refractivity (Wildman–Crippen MR) is 135 cm³/mol. The van der Waals surface area contributed by atoms with Crippen molar-refractivity contribution in [2.75, 3.05) is 0 Å². The van der Waals surface area contributed by atoms with Gasteiger partial charge in [-0.2, -0.15) is 0 Å². The van der Waals surface area contributed by atoms with Gasteiger partial charge in [0.15, 0.2) is 0 Å². The van der Waals surface area contributed by atoms with Gasteiger partial charge in [-0.3, -0.25) is 0 Å². The van der Waals surface area contributed by atoms with Gasteiger partial charge < -0.3 is 9.53 Å². The predicted octanol–water partition coefficient (Wildman–Crippen LogP) is 7.82. The van der Waals surface area contributed by atoms with Gasteiger partial charge in [-0.1, -0.05) is 59.7 Å². The number of aryl methyl sites for hydroxylation is 4. The summed E-state index contributed by atoms with van der Waals surface area (Å²) in [6.45, 7) is 18.1. The molecule has 2 aromatic carbocycles. The largest absolute Gasteiger partial charge is 0.543 e. The highest BCUT2D eigenvalue weighted by Crippen LogP contribution is 2.43. The molecule has 31 heavy (non-hydrogen) atoms. The molecule has 0 fully saturated rings. The second-order valence-corrected chi connectivity index (χ2v) is 15.9. The Kier molecular flexibility index (Phi) is 7.38. The minimum Gasteiger partial charge on any atom is -0.543 e. The first-order valence-corrected chi connectivity index (χ1v) is 14.3. The van der Waals surface area contributed by atoms with E-state index in [1.54, 1.807) is 0 Å². The van der Waals surface area contributed by atoms with E-state index in [4.69, 9.17) is 4.43 Å². The number of fused-ring (bicyclic) bond motifs is 1. The lowest BCUT2D eigenvalue weighted by atomic mass is 9.87. The topological polar surface area (TPSA) is 29.5 Å². The van der Waals surface area contributed by atoms with Crippen LogP contribution >= 0.6 is 0 Å². The van der Waals surface area contributed by atoms with Crippen LogP contribution in [0.5, 0.6) is 5.75 Å². The summed E-state index contributed by atoms with van der Waals surface area (Å²) in [5, 5.41) is 11.3. The van der Waals surface area contributed by atoms with Crippen LogP contribution in [0.3, 0.4) is 0 Å². The van der Waals surface area contributed by atoms with Gasteiger partial charge in [-0.25, -0.2) is 0 Å². The van der Waals surface area contributed by atoms with Crippen LogP contribution in [0.4, 0.5) is 0 Å². The fraction of sp³-hybridized carbons (Fsp3) is 0.571. The van der Waals surface area contributed by atoms with Crippen molar-refractivity contribution in [2.45, 2.75) is 104 Å². The summed E-state index contributed by atoms with van der Waals surface area (Å²) in [6, 6.07) is 10.9. The fourth-order valence-electron chi connectivity index (χ4n) is 6.07. The summed E-state index contributed by atoms with van der Waals surface area (Å²) in [6.07, 6.45) is 4.24. The molecule has 0 aromatic heterocycles. The van der Waals surface area contributed by atoms with Gasteiger partial charge in [0.1, 0.15) is 11.9 Å². The first-order chi connectivity index (χ1) is 14.6. The van der Waals surface area contributed by atoms with Gasteiger partial charge in [0.2, 0.25) is 0 Å². The van der Waals surface area contributed by atoms with Crippen LogP contribution in [0.25, 0.3) is 0 Å². The minimum atomic E-state index is -2.00. The summed E-state index contributed by atoms with van der Waals surface area (Å²) in [5.41, 5.74) is 8.73. The van der Waals surface area contributed by atoms with E-state index in [-0.39, 0.29) is 0 Å². The number of rotatable bonds is 7. The lowest BCUT2D eigenvalue weighted by molar-refractivity contribution is 0.218. The van der Waals surface area contributed by atoms with Crippen LogP contribution in [-0.2, 0) is 12.8 Å². The Labute approximate surface area is 191 Å². The Bertz CT molecular complexity index is 868. The van der Waals surface area contributed by atoms with Gasteiger partial charge in [0, 0.05) is 0 Å². The van der Waals surface area contributed by atoms with Crippen molar-refractivity contribution in [3.63, 3.8) is 0 Å². The van der Waals surface area contributed by atoms with E-state index in [0.717, 1.165) is 34.4 Å². The molecule has 0 saturated heterocycles. The van der Waals surface area contributed by atoms with E-state index in [1.165, 1.54) is 30.4 Å². The molecule has 0 radical (unpaired) electrons. The van der Waals surface area contributed by atoms with E-state index in [2.05, 4.69) is 85.7 Å². The quantitative estimate of drug-likeness (QED) is 0.446. The molecular weight excluding hydrogens is 396 g/mol. The summed E-state index contributed by atoms with van der Waals surface area (Å²) in [7, 11) is -2.00. The van der Waals surface area contributed by atoms with Crippen molar-refractivity contribution in [1.82, 2.24) is 0 Å². The van der Waals surface area contributed by atoms with E-state index in [1.807, 2.05) is 0 Å². The smallest absolute Gasteiger partial charge is 0.258 e. The molecule has 1 unspecified atom stereocenters. The van der Waals surface area contributed by atoms with Crippen LogP contribution in [0.1, 0.15) is 93.9 Å². The van der Waals surface area contributed by atoms with Crippen molar-refractivity contribution in [3.8, 4) is 5.75 Å². The lowest BCUT2D eigenvalue weighted by Crippen LogP contribution is -2.50. The maximum atomic E-state index is 11.3. The molecule has 1 aliphatic carbocycles. The third-order valence-corrected chi connectivity index (χ3v) is 13.5. The number of hydrogen-bond donors (Lipinski definition) is 1. The lowest BCUT2D eigenvalue weighted by Gasteiger charge is -2.42. The van der Waals surface area contributed by atoms with Gasteiger partial charge in [-0.05, 0) is 102 Å². The molecule has 0 saturated carbocycles. The molecule has 1 atom stereocenters. The summed E-state index contributed by atoms with van der Waals surface area (Å²) >= 11 is 0. The molecule has 170 valence electrons. The van der Waals surface area contributed by atoms with Crippen LogP contribution in [0.2, 0.25) is 16.6 Å². The van der Waals surface area contributed by atoms with Gasteiger partial charge in [-0.15, -0.1) is 0 Å². The van der Waals surface area contributed by atoms with E-state index >= 15 is 0 Å². The Hall–Kier alpha value is -1.58. The van der Waals surface area contributed by atoms with E-state index < -0.39 is 14.4 Å². The molecular formula is C28H42O2Si. The van der Waals surface area contributed by atoms with Crippen LogP contribution in [-0.4, -0.2) is 13.4 Å². The molecule has 0 spiro atoms. The molecule has 1 aliphatic rings. The van der Waals surface area contributed by atoms with Crippen molar-refractivity contribution in [1.29, 1.82) is 0 Å². The van der Waals surface area contributed by atoms with Gasteiger partial charge in [0.05, 0.1) is 0 Å². The molecule has 2 nitrogen and oxygen atoms in total. The van der Waals surface area contributed by atoms with E-state index in [0.29, 0.717) is 16.6 Å². The molecule has 0 amide bonds. The minimum absolute atomic E-state index is 0.536. The maximum absolute atomic E-state index is 11.3. The van der Waals surface area contributed by atoms with Crippen LogP contribution < -0.4 is 4.43 Å². The SMILES string of the molecule is Cc1cc(O[Si](C(C)C)(C(C)C)C(C)C)cc(C)c1C(O)c1ccc2c(c1)CCCC2. The summed E-state index contributed by atoms with van der Waals surface area (Å²) < 4.78 is 6.92. The zero-order chi connectivity index (χ0) is 22.9. The second-order valence-electron chi connectivity index (χ2n) is 10.5. The number of aliphatic hydroxyl groups is 1. The second kappa shape index (κ2) is 9.50. The first-order valence-electron chi connectivity index (χ1n) is 12.2. The third-order valence-electron chi connectivity index (χ3n) is 7.53. The third kappa shape index (κ3) is 4.63. The Morgan fingerprint density at radius 1 is 0.774 bits per heavy atom. The molecule has 0 heterocycles. The van der Waals surface area contributed by atoms with Crippen molar-refractivity contribution in [3.05, 3.63) is 63.7 Å². The molecule has 3 heteroatoms. The summed E-state index contributed by atoms with van der Waals surface area (Å²) in [5.74, 6) is 0.971. The normalized spacial score (nSPS) is 15.5. The molecule has 0 bridgehead atoms. The van der Waals surface area contributed by atoms with Gasteiger partial charge >= 0.3 is 0 Å². The summed E-state index contributed by atoms with van der Waals surface area (Å²) in [4.78, 5) is 0. The highest BCUT2D eigenvalue weighted by molar-refractivity contribution is 6.78. The Balaban J connectivity index is 1.95. The van der Waals surface area contributed by atoms with Crippen molar-refractivity contribution < 1.29 is 9.53 Å². The average molecular weight is 439 g/mol. The number of hydrogen-bond acceptors (Lipinski definition) is 2. The highest BCUT2D eigenvalue weighted by atomic mass is 28.4. The molecule has 1 N–H and O–H groups in total.